The number of rotatable bonds is 3. The Labute approximate surface area is 154 Å². The lowest BCUT2D eigenvalue weighted by molar-refractivity contribution is -0.127. The number of likely N-dealkylation sites (tertiary alicyclic amines) is 1. The van der Waals surface area contributed by atoms with Gasteiger partial charge in [-0.05, 0) is 17.7 Å². The number of aromatic nitrogens is 2. The number of hydrogen-bond acceptors (Lipinski definition) is 5. The second-order valence-electron chi connectivity index (χ2n) is 6.33. The van der Waals surface area contributed by atoms with Gasteiger partial charge < -0.3 is 21.5 Å². The van der Waals surface area contributed by atoms with Gasteiger partial charge in [0.25, 0.3) is 5.56 Å². The van der Waals surface area contributed by atoms with Crippen LogP contribution in [0.1, 0.15) is 12.0 Å². The van der Waals surface area contributed by atoms with Crippen molar-refractivity contribution in [2.45, 2.75) is 17.6 Å². The highest BCUT2D eigenvalue weighted by Crippen LogP contribution is 2.43. The van der Waals surface area contributed by atoms with Crippen LogP contribution in [0, 0.1) is 12.3 Å². The van der Waals surface area contributed by atoms with E-state index in [1.165, 1.54) is 29.1 Å². The van der Waals surface area contributed by atoms with E-state index in [0.717, 1.165) is 11.1 Å². The molecule has 5 N–H and O–H groups in total. The molecule has 0 bridgehead atoms. The van der Waals surface area contributed by atoms with E-state index in [9.17, 15) is 19.5 Å². The van der Waals surface area contributed by atoms with Crippen LogP contribution in [0.2, 0.25) is 0 Å². The lowest BCUT2D eigenvalue weighted by Crippen LogP contribution is -2.55. The summed E-state index contributed by atoms with van der Waals surface area (Å²) in [5.74, 6) is 1.32. The Hall–Kier alpha value is -3.64. The van der Waals surface area contributed by atoms with Gasteiger partial charge >= 0.3 is 6.03 Å². The molecule has 0 unspecified atom stereocenters. The van der Waals surface area contributed by atoms with E-state index in [2.05, 4.69) is 10.9 Å². The molecule has 1 aliphatic rings. The first-order valence-corrected chi connectivity index (χ1v) is 7.94. The average molecular weight is 367 g/mol. The Morgan fingerprint density at radius 1 is 1.26 bits per heavy atom. The van der Waals surface area contributed by atoms with Crippen LogP contribution < -0.4 is 17.0 Å². The summed E-state index contributed by atoms with van der Waals surface area (Å²) in [6.45, 7) is -0.326. The zero-order chi connectivity index (χ0) is 19.8. The molecule has 27 heavy (non-hydrogen) atoms. The molecular weight excluding hydrogens is 350 g/mol. The number of nitrogens with two attached hydrogens (primary N) is 2. The van der Waals surface area contributed by atoms with Crippen LogP contribution in [-0.2, 0) is 10.3 Å². The molecule has 3 rings (SSSR count). The Balaban J connectivity index is 2.12. The average Bonchev–Trinajstić information content (AvgIpc) is 2.98. The van der Waals surface area contributed by atoms with E-state index in [1.807, 2.05) is 0 Å². The number of benzene rings is 1. The van der Waals surface area contributed by atoms with Crippen molar-refractivity contribution in [2.75, 3.05) is 6.54 Å². The van der Waals surface area contributed by atoms with Crippen LogP contribution in [0.3, 0.4) is 0 Å². The first kappa shape index (κ1) is 18.2. The predicted molar refractivity (Wildman–Crippen MR) is 95.4 cm³/mol. The fraction of sp³-hybridized carbons (Fsp3) is 0.222. The summed E-state index contributed by atoms with van der Waals surface area (Å²) in [5, 5.41) is 10.5. The van der Waals surface area contributed by atoms with Crippen molar-refractivity contribution in [1.82, 2.24) is 14.5 Å². The van der Waals surface area contributed by atoms with Crippen LogP contribution >= 0.6 is 0 Å². The highest BCUT2D eigenvalue weighted by Gasteiger charge is 2.58. The summed E-state index contributed by atoms with van der Waals surface area (Å²) < 4.78 is 1.35. The molecule has 0 aliphatic carbocycles. The number of aliphatic hydroxyl groups is 1. The number of carbonyl (C=O) groups excluding carboxylic acids is 2. The largest absolute Gasteiger partial charge is 0.376 e. The summed E-state index contributed by atoms with van der Waals surface area (Å²) >= 11 is 0. The molecule has 9 nitrogen and oxygen atoms in total. The van der Waals surface area contributed by atoms with Crippen molar-refractivity contribution >= 4 is 11.9 Å². The maximum atomic E-state index is 12.4. The molecule has 0 radical (unpaired) electrons. The molecule has 2 heterocycles. The van der Waals surface area contributed by atoms with Crippen LogP contribution in [0.4, 0.5) is 4.79 Å². The number of terminal acetylenes is 1. The Bertz CT molecular complexity index is 1010. The number of amides is 3. The second-order valence-corrected chi connectivity index (χ2v) is 6.33. The Kier molecular flexibility index (Phi) is 4.21. The molecule has 1 aromatic carbocycles. The number of urea groups is 1. The zero-order valence-electron chi connectivity index (χ0n) is 14.2. The van der Waals surface area contributed by atoms with E-state index in [4.69, 9.17) is 17.9 Å². The molecule has 9 heteroatoms. The number of hydrogen-bond donors (Lipinski definition) is 3. The number of carbonyl (C=O) groups is 2. The van der Waals surface area contributed by atoms with Crippen LogP contribution in [0.5, 0.6) is 0 Å². The quantitative estimate of drug-likeness (QED) is 0.600. The minimum Gasteiger partial charge on any atom is -0.376 e. The smallest absolute Gasteiger partial charge is 0.316 e. The minimum atomic E-state index is -1.75. The third-order valence-corrected chi connectivity index (χ3v) is 4.72. The van der Waals surface area contributed by atoms with Gasteiger partial charge in [0.15, 0.2) is 5.54 Å². The van der Waals surface area contributed by atoms with Gasteiger partial charge in [-0.2, -0.15) is 0 Å². The van der Waals surface area contributed by atoms with Crippen molar-refractivity contribution in [3.63, 3.8) is 0 Å². The first-order chi connectivity index (χ1) is 12.7. The van der Waals surface area contributed by atoms with Crippen molar-refractivity contribution in [3.05, 3.63) is 58.8 Å². The van der Waals surface area contributed by atoms with Crippen LogP contribution in [0.25, 0.3) is 5.69 Å². The SMILES string of the molecule is C#C[C@]1(O)CN(C(N)=O)[C@@](C(N)=O)(c2ccc(-n3ccncc3=O)cc2)C1. The number of nitrogens with zero attached hydrogens (tertiary/aromatic N) is 3. The topological polar surface area (TPSA) is 145 Å². The van der Waals surface area contributed by atoms with Gasteiger partial charge in [0.05, 0.1) is 12.7 Å². The van der Waals surface area contributed by atoms with Crippen molar-refractivity contribution in [1.29, 1.82) is 0 Å². The molecule has 138 valence electrons. The zero-order valence-corrected chi connectivity index (χ0v) is 14.2. The summed E-state index contributed by atoms with van der Waals surface area (Å²) in [5.41, 5.74) is 8.08. The highest BCUT2D eigenvalue weighted by atomic mass is 16.3. The number of primary amides is 2. The summed E-state index contributed by atoms with van der Waals surface area (Å²) in [6, 6.07) is 5.28. The molecule has 3 amide bonds. The van der Waals surface area contributed by atoms with Gasteiger partial charge in [-0.15, -0.1) is 6.42 Å². The molecule has 0 saturated carbocycles. The van der Waals surface area contributed by atoms with Gasteiger partial charge in [0.2, 0.25) is 5.91 Å². The second kappa shape index (κ2) is 6.26. The fourth-order valence-electron chi connectivity index (χ4n) is 3.41. The lowest BCUT2D eigenvalue weighted by atomic mass is 9.82. The van der Waals surface area contributed by atoms with Crippen molar-refractivity contribution in [2.24, 2.45) is 11.5 Å². The standard InChI is InChI=1S/C18H17N5O4/c1-2-17(27)10-18(15(19)25,23(11-17)16(20)26)12-3-5-13(6-4-12)22-8-7-21-9-14(22)24/h1,3-9,27H,10-11H2,(H2,19,25)(H2,20,26)/t17-,18-/m1/s1. The molecule has 2 atom stereocenters. The van der Waals surface area contributed by atoms with Crippen molar-refractivity contribution in [3.8, 4) is 18.0 Å². The molecule has 1 aliphatic heterocycles. The van der Waals surface area contributed by atoms with E-state index in [1.54, 1.807) is 12.1 Å². The molecule has 1 fully saturated rings. The molecule has 0 spiro atoms. The summed E-state index contributed by atoms with van der Waals surface area (Å²) in [6.07, 6.45) is 9.19. The van der Waals surface area contributed by atoms with E-state index < -0.39 is 23.1 Å². The first-order valence-electron chi connectivity index (χ1n) is 7.94. The molecule has 1 saturated heterocycles. The normalized spacial score (nSPS) is 24.4. The van der Waals surface area contributed by atoms with E-state index in [0.29, 0.717) is 11.3 Å². The monoisotopic (exact) mass is 367 g/mol. The fourth-order valence-corrected chi connectivity index (χ4v) is 3.41. The van der Waals surface area contributed by atoms with Gasteiger partial charge in [-0.25, -0.2) is 4.79 Å². The molecular formula is C18H17N5O4. The van der Waals surface area contributed by atoms with Crippen LogP contribution in [-0.4, -0.2) is 43.6 Å². The third kappa shape index (κ3) is 2.82. The van der Waals surface area contributed by atoms with Crippen LogP contribution in [0.15, 0.2) is 47.7 Å². The van der Waals surface area contributed by atoms with E-state index in [-0.39, 0.29) is 18.5 Å². The van der Waals surface area contributed by atoms with Gasteiger partial charge in [-0.1, -0.05) is 18.1 Å². The summed E-state index contributed by atoms with van der Waals surface area (Å²) in [7, 11) is 0. The lowest BCUT2D eigenvalue weighted by Gasteiger charge is -2.34. The van der Waals surface area contributed by atoms with Gasteiger partial charge in [0.1, 0.15) is 5.60 Å². The maximum absolute atomic E-state index is 12.4. The molecule has 1 aromatic heterocycles. The van der Waals surface area contributed by atoms with Gasteiger partial charge in [0, 0.05) is 24.5 Å². The van der Waals surface area contributed by atoms with Gasteiger partial charge in [-0.3, -0.25) is 19.1 Å². The minimum absolute atomic E-state index is 0.288. The predicted octanol–water partition coefficient (Wildman–Crippen LogP) is -0.938. The van der Waals surface area contributed by atoms with E-state index >= 15 is 0 Å². The Morgan fingerprint density at radius 2 is 1.93 bits per heavy atom. The highest BCUT2D eigenvalue weighted by molar-refractivity contribution is 5.92. The Morgan fingerprint density at radius 3 is 2.44 bits per heavy atom. The summed E-state index contributed by atoms with van der Waals surface area (Å²) in [4.78, 5) is 40.9. The maximum Gasteiger partial charge on any atom is 0.316 e. The number of β-amino-alcohol motifs (C(OH)–C–C–N with tert-alkyl or cyclic N) is 1. The molecule has 2 aromatic rings. The van der Waals surface area contributed by atoms with Crippen molar-refractivity contribution < 1.29 is 14.7 Å². The third-order valence-electron chi connectivity index (χ3n) is 4.72.